The molecule has 1 atom stereocenters. The highest BCUT2D eigenvalue weighted by Gasteiger charge is 2.48. The topological polar surface area (TPSA) is 125 Å². The van der Waals surface area contributed by atoms with Crippen molar-refractivity contribution in [3.63, 3.8) is 0 Å². The highest BCUT2D eigenvalue weighted by atomic mass is 35.5. The summed E-state index contributed by atoms with van der Waals surface area (Å²) in [6, 6.07) is 26.1. The molecule has 67 heavy (non-hydrogen) atoms. The summed E-state index contributed by atoms with van der Waals surface area (Å²) in [5.74, 6) is 0.175. The molecular formula is C49H56ClF3N6O5S3. The van der Waals surface area contributed by atoms with E-state index in [9.17, 15) is 30.0 Å². The summed E-state index contributed by atoms with van der Waals surface area (Å²) in [6.07, 6.45) is 4.97. The Labute approximate surface area is 401 Å². The zero-order chi connectivity index (χ0) is 47.4. The summed E-state index contributed by atoms with van der Waals surface area (Å²) in [7, 11) is -10.6. The van der Waals surface area contributed by atoms with Gasteiger partial charge in [-0.15, -0.1) is 11.8 Å². The second-order valence-corrected chi connectivity index (χ2v) is 23.5. The lowest BCUT2D eigenvalue weighted by atomic mass is 9.73. The van der Waals surface area contributed by atoms with Crippen LogP contribution >= 0.6 is 23.4 Å². The summed E-state index contributed by atoms with van der Waals surface area (Å²) >= 11 is 7.75. The maximum absolute atomic E-state index is 14.3. The Kier molecular flexibility index (Phi) is 15.3. The van der Waals surface area contributed by atoms with Crippen LogP contribution in [0.4, 0.5) is 24.7 Å². The maximum atomic E-state index is 14.3. The van der Waals surface area contributed by atoms with Crippen LogP contribution in [0.2, 0.25) is 5.02 Å². The van der Waals surface area contributed by atoms with Gasteiger partial charge >= 0.3 is 5.51 Å². The van der Waals surface area contributed by atoms with Crippen molar-refractivity contribution in [2.45, 2.75) is 66.1 Å². The number of anilines is 2. The zero-order valence-electron chi connectivity index (χ0n) is 37.6. The molecule has 0 amide bonds. The molecule has 18 heteroatoms. The third-order valence-electron chi connectivity index (χ3n) is 13.0. The van der Waals surface area contributed by atoms with Crippen LogP contribution in [-0.2, 0) is 31.0 Å². The number of nitrogens with zero attached hydrogens (tertiary/aromatic N) is 5. The number of fused-ring (bicyclic) bond motifs is 1. The van der Waals surface area contributed by atoms with Crippen LogP contribution in [0.15, 0.2) is 118 Å². The van der Waals surface area contributed by atoms with Crippen molar-refractivity contribution in [2.24, 2.45) is 11.3 Å². The number of ether oxygens (including phenoxy) is 1. The van der Waals surface area contributed by atoms with Crippen LogP contribution in [0.3, 0.4) is 0 Å². The Morgan fingerprint density at radius 3 is 2.31 bits per heavy atom. The molecule has 1 aromatic heterocycles. The first-order valence-corrected chi connectivity index (χ1v) is 26.9. The van der Waals surface area contributed by atoms with E-state index in [1.54, 1.807) is 6.07 Å². The van der Waals surface area contributed by atoms with Crippen molar-refractivity contribution in [1.82, 2.24) is 19.8 Å². The number of benzene rings is 4. The lowest BCUT2D eigenvalue weighted by Crippen LogP contribution is -2.47. The average Bonchev–Trinajstić information content (AvgIpc) is 3.30. The first kappa shape index (κ1) is 49.2. The normalized spacial score (nSPS) is 18.3. The van der Waals surface area contributed by atoms with E-state index < -0.39 is 35.2 Å². The standard InChI is InChI=1S/C49H56ClF3N6O5S3/c1-48(2)18-16-43(36-8-11-39(50)12-9-36)38(31-48)32-58-20-22-59(23-21-58)40-13-15-44-45(29-40)54-34-55-47(44)56-67(62,63)42-14-10-37(46(30-42)66(60,61)49(51,52)53)28-35(17-19-57-24-26-64-27-25-57)33-65-41-6-4-3-5-7-41/h3-15,29-30,34-35H,16-28,31-33H2,1-2H3,(H,54,55,56)/t35-/m0/s1. The van der Waals surface area contributed by atoms with Crippen LogP contribution in [0.5, 0.6) is 0 Å². The van der Waals surface area contributed by atoms with Gasteiger partial charge in [-0.25, -0.2) is 26.8 Å². The van der Waals surface area contributed by atoms with Gasteiger partial charge in [0.15, 0.2) is 5.82 Å². The summed E-state index contributed by atoms with van der Waals surface area (Å²) in [5, 5.41) is 1.09. The van der Waals surface area contributed by atoms with Crippen LogP contribution in [0.25, 0.3) is 16.5 Å². The molecule has 8 rings (SSSR count). The molecule has 0 bridgehead atoms. The van der Waals surface area contributed by atoms with Gasteiger partial charge in [-0.1, -0.05) is 67.4 Å². The number of nitrogens with one attached hydrogen (secondary N) is 1. The number of allylic oxidation sites excluding steroid dienone is 1. The lowest BCUT2D eigenvalue weighted by Gasteiger charge is -2.39. The Morgan fingerprint density at radius 2 is 1.60 bits per heavy atom. The molecule has 2 saturated heterocycles. The van der Waals surface area contributed by atoms with Gasteiger partial charge in [0, 0.05) is 72.6 Å². The first-order valence-electron chi connectivity index (χ1n) is 22.6. The number of sulfonamides is 1. The Morgan fingerprint density at radius 1 is 0.866 bits per heavy atom. The predicted molar refractivity (Wildman–Crippen MR) is 261 cm³/mol. The van der Waals surface area contributed by atoms with E-state index in [2.05, 4.69) is 55.4 Å². The van der Waals surface area contributed by atoms with Gasteiger partial charge in [0.05, 0.1) is 28.5 Å². The molecule has 3 heterocycles. The molecule has 0 spiro atoms. The van der Waals surface area contributed by atoms with Gasteiger partial charge < -0.3 is 9.64 Å². The molecule has 2 fully saturated rings. The molecule has 0 unspecified atom stereocenters. The lowest BCUT2D eigenvalue weighted by molar-refractivity contribution is -0.0436. The minimum absolute atomic E-state index is 0.0157. The van der Waals surface area contributed by atoms with E-state index in [1.165, 1.54) is 40.9 Å². The number of hydrogen-bond donors (Lipinski definition) is 1. The number of alkyl halides is 3. The number of halogens is 4. The van der Waals surface area contributed by atoms with Crippen LogP contribution in [0, 0.1) is 11.3 Å². The van der Waals surface area contributed by atoms with Crippen LogP contribution in [-0.4, -0.2) is 113 Å². The number of sulfone groups is 1. The van der Waals surface area contributed by atoms with Gasteiger partial charge in [0.25, 0.3) is 19.9 Å². The number of morpholine rings is 1. The molecule has 1 N–H and O–H groups in total. The first-order chi connectivity index (χ1) is 31.9. The molecule has 358 valence electrons. The van der Waals surface area contributed by atoms with Crippen molar-refractivity contribution in [3.8, 4) is 0 Å². The minimum atomic E-state index is -5.96. The molecule has 0 radical (unpaired) electrons. The second kappa shape index (κ2) is 20.8. The number of rotatable bonds is 16. The monoisotopic (exact) mass is 996 g/mol. The summed E-state index contributed by atoms with van der Waals surface area (Å²) < 4.78 is 105. The fraction of sp³-hybridized carbons (Fsp3) is 0.429. The molecule has 0 saturated carbocycles. The van der Waals surface area contributed by atoms with E-state index in [0.29, 0.717) is 48.9 Å². The number of piperazine rings is 1. The van der Waals surface area contributed by atoms with E-state index in [1.807, 2.05) is 54.6 Å². The largest absolute Gasteiger partial charge is 0.501 e. The number of thioether (sulfide) groups is 1. The van der Waals surface area contributed by atoms with Crippen molar-refractivity contribution >= 4 is 71.2 Å². The zero-order valence-corrected chi connectivity index (χ0v) is 40.8. The summed E-state index contributed by atoms with van der Waals surface area (Å²) in [4.78, 5) is 14.8. The van der Waals surface area contributed by atoms with Crippen molar-refractivity contribution in [1.29, 1.82) is 0 Å². The Hall–Kier alpha value is -4.23. The summed E-state index contributed by atoms with van der Waals surface area (Å²) in [6.45, 7) is 12.0. The molecule has 1 aliphatic carbocycles. The average molecular weight is 998 g/mol. The van der Waals surface area contributed by atoms with E-state index in [-0.39, 0.29) is 29.1 Å². The maximum Gasteiger partial charge on any atom is 0.501 e. The Bertz CT molecular complexity index is 2790. The van der Waals surface area contributed by atoms with Crippen molar-refractivity contribution in [3.05, 3.63) is 119 Å². The van der Waals surface area contributed by atoms with Crippen LogP contribution in [0.1, 0.15) is 50.7 Å². The SMILES string of the molecule is CC1(C)CCC(c2ccc(Cl)cc2)=C(CN2CCN(c3ccc4c(NS(=O)(=O)c5ccc(C[C@H](CCN6CCOCC6)CSc6ccccc6)c(S(=O)(=O)C(F)(F)F)c5)ncnc4c3)CC2)C1. The molecule has 2 aliphatic heterocycles. The van der Waals surface area contributed by atoms with E-state index in [0.717, 1.165) is 86.7 Å². The molecule has 4 aromatic carbocycles. The summed E-state index contributed by atoms with van der Waals surface area (Å²) in [5.41, 5.74) is -0.0656. The fourth-order valence-corrected chi connectivity index (χ4v) is 12.6. The third-order valence-corrected chi connectivity index (χ3v) is 17.4. The predicted octanol–water partition coefficient (Wildman–Crippen LogP) is 9.84. The third kappa shape index (κ3) is 12.1. The van der Waals surface area contributed by atoms with Gasteiger partial charge in [-0.2, -0.15) is 13.2 Å². The van der Waals surface area contributed by atoms with E-state index in [4.69, 9.17) is 16.3 Å². The van der Waals surface area contributed by atoms with Gasteiger partial charge in [0.2, 0.25) is 0 Å². The van der Waals surface area contributed by atoms with Crippen molar-refractivity contribution < 1.29 is 34.7 Å². The quantitative estimate of drug-likeness (QED) is 0.0951. The Balaban J connectivity index is 0.985. The minimum Gasteiger partial charge on any atom is -0.379 e. The van der Waals surface area contributed by atoms with Crippen LogP contribution < -0.4 is 9.62 Å². The fourth-order valence-electron chi connectivity index (χ4n) is 9.23. The highest BCUT2D eigenvalue weighted by molar-refractivity contribution is 7.99. The molecule has 3 aliphatic rings. The number of hydrogen-bond acceptors (Lipinski definition) is 11. The van der Waals surface area contributed by atoms with E-state index >= 15 is 0 Å². The second-order valence-electron chi connectivity index (χ2n) is 18.4. The van der Waals surface area contributed by atoms with Gasteiger partial charge in [0.1, 0.15) is 6.33 Å². The molecular weight excluding hydrogens is 941 g/mol. The highest BCUT2D eigenvalue weighted by Crippen LogP contribution is 2.43. The number of aromatic nitrogens is 2. The van der Waals surface area contributed by atoms with Gasteiger partial charge in [-0.05, 0) is 121 Å². The molecule has 11 nitrogen and oxygen atoms in total. The van der Waals surface area contributed by atoms with Crippen molar-refractivity contribution in [2.75, 3.05) is 80.9 Å². The van der Waals surface area contributed by atoms with Gasteiger partial charge in [-0.3, -0.25) is 14.5 Å². The smallest absolute Gasteiger partial charge is 0.379 e. The molecule has 5 aromatic rings.